The van der Waals surface area contributed by atoms with E-state index in [9.17, 15) is 9.18 Å². The SMILES string of the molecule is COC(=O)c1cccc(NC(=S)NCC2(c3ccc(F)cc3)CCCC2)c1. The van der Waals surface area contributed by atoms with E-state index in [2.05, 4.69) is 10.6 Å². The Bertz CT molecular complexity index is 817. The molecule has 0 bridgehead atoms. The van der Waals surface area contributed by atoms with Gasteiger partial charge in [0, 0.05) is 17.6 Å². The fraction of sp³-hybridized carbons (Fsp3) is 0.333. The van der Waals surface area contributed by atoms with E-state index in [-0.39, 0.29) is 11.2 Å². The highest BCUT2D eigenvalue weighted by Crippen LogP contribution is 2.40. The first-order valence-electron chi connectivity index (χ1n) is 9.02. The molecule has 4 nitrogen and oxygen atoms in total. The van der Waals surface area contributed by atoms with Crippen LogP contribution in [0.25, 0.3) is 0 Å². The fourth-order valence-electron chi connectivity index (χ4n) is 3.69. The molecule has 2 aromatic rings. The first kappa shape index (κ1) is 19.3. The van der Waals surface area contributed by atoms with Crippen molar-refractivity contribution in [3.63, 3.8) is 0 Å². The third-order valence-corrected chi connectivity index (χ3v) is 5.39. The van der Waals surface area contributed by atoms with Gasteiger partial charge in [-0.3, -0.25) is 0 Å². The summed E-state index contributed by atoms with van der Waals surface area (Å²) in [5.41, 5.74) is 2.29. The van der Waals surface area contributed by atoms with Crippen molar-refractivity contribution in [3.8, 4) is 0 Å². The van der Waals surface area contributed by atoms with Crippen LogP contribution in [0.5, 0.6) is 0 Å². The van der Waals surface area contributed by atoms with Crippen LogP contribution in [0.1, 0.15) is 41.6 Å². The van der Waals surface area contributed by atoms with E-state index in [0.29, 0.717) is 17.2 Å². The van der Waals surface area contributed by atoms with E-state index in [0.717, 1.165) is 36.9 Å². The lowest BCUT2D eigenvalue weighted by molar-refractivity contribution is 0.0601. The third kappa shape index (κ3) is 4.63. The zero-order valence-electron chi connectivity index (χ0n) is 15.3. The van der Waals surface area contributed by atoms with Gasteiger partial charge in [0.25, 0.3) is 0 Å². The Balaban J connectivity index is 1.65. The summed E-state index contributed by atoms with van der Waals surface area (Å²) in [5.74, 6) is -0.610. The van der Waals surface area contributed by atoms with Crippen LogP contribution in [-0.2, 0) is 10.2 Å². The van der Waals surface area contributed by atoms with Crippen molar-refractivity contribution in [2.75, 3.05) is 19.0 Å². The van der Waals surface area contributed by atoms with E-state index in [4.69, 9.17) is 17.0 Å². The van der Waals surface area contributed by atoms with Crippen LogP contribution in [0.3, 0.4) is 0 Å². The summed E-state index contributed by atoms with van der Waals surface area (Å²) < 4.78 is 18.0. The van der Waals surface area contributed by atoms with Gasteiger partial charge in [-0.25, -0.2) is 9.18 Å². The molecule has 0 atom stereocenters. The van der Waals surface area contributed by atoms with E-state index in [1.807, 2.05) is 18.2 Å². The molecule has 0 spiro atoms. The molecule has 0 amide bonds. The van der Waals surface area contributed by atoms with E-state index in [1.165, 1.54) is 19.2 Å². The lowest BCUT2D eigenvalue weighted by Crippen LogP contribution is -2.40. The van der Waals surface area contributed by atoms with Gasteiger partial charge < -0.3 is 15.4 Å². The molecule has 0 aromatic heterocycles. The number of carbonyl (C=O) groups is 1. The smallest absolute Gasteiger partial charge is 0.337 e. The average Bonchev–Trinajstić information content (AvgIpc) is 3.16. The number of rotatable bonds is 5. The molecule has 0 saturated heterocycles. The minimum absolute atomic E-state index is 0.0344. The molecule has 0 radical (unpaired) electrons. The van der Waals surface area contributed by atoms with Gasteiger partial charge in [-0.1, -0.05) is 31.0 Å². The van der Waals surface area contributed by atoms with Gasteiger partial charge in [0.1, 0.15) is 5.82 Å². The highest BCUT2D eigenvalue weighted by Gasteiger charge is 2.35. The molecule has 142 valence electrons. The fourth-order valence-corrected chi connectivity index (χ4v) is 3.88. The minimum atomic E-state index is -0.390. The van der Waals surface area contributed by atoms with Crippen molar-refractivity contribution in [2.45, 2.75) is 31.1 Å². The topological polar surface area (TPSA) is 50.4 Å². The summed E-state index contributed by atoms with van der Waals surface area (Å²) in [6.45, 7) is 0.682. The van der Waals surface area contributed by atoms with Crippen LogP contribution in [0.4, 0.5) is 10.1 Å². The van der Waals surface area contributed by atoms with Crippen LogP contribution in [-0.4, -0.2) is 24.7 Å². The largest absolute Gasteiger partial charge is 0.465 e. The number of ether oxygens (including phenoxy) is 1. The molecule has 1 aliphatic carbocycles. The lowest BCUT2D eigenvalue weighted by atomic mass is 9.79. The molecule has 0 aliphatic heterocycles. The summed E-state index contributed by atoms with van der Waals surface area (Å²) in [7, 11) is 1.35. The molecular weight excluding hydrogens is 363 g/mol. The number of anilines is 1. The van der Waals surface area contributed by atoms with Gasteiger partial charge in [-0.15, -0.1) is 0 Å². The molecule has 6 heteroatoms. The van der Waals surface area contributed by atoms with Crippen LogP contribution >= 0.6 is 12.2 Å². The Kier molecular flexibility index (Phi) is 6.06. The number of hydrogen-bond acceptors (Lipinski definition) is 3. The lowest BCUT2D eigenvalue weighted by Gasteiger charge is -2.30. The molecule has 2 aromatic carbocycles. The van der Waals surface area contributed by atoms with E-state index >= 15 is 0 Å². The predicted molar refractivity (Wildman–Crippen MR) is 109 cm³/mol. The van der Waals surface area contributed by atoms with Crippen LogP contribution in [0.2, 0.25) is 0 Å². The molecule has 1 saturated carbocycles. The Morgan fingerprint density at radius 3 is 2.56 bits per heavy atom. The standard InChI is InChI=1S/C21H23FN2O2S/c1-26-19(25)15-5-4-6-18(13-15)24-20(27)23-14-21(11-2-3-12-21)16-7-9-17(22)10-8-16/h4-10,13H,2-3,11-12,14H2,1H3,(H2,23,24,27). The molecule has 0 heterocycles. The first-order chi connectivity index (χ1) is 13.0. The summed E-state index contributed by atoms with van der Waals surface area (Å²) in [4.78, 5) is 11.6. The summed E-state index contributed by atoms with van der Waals surface area (Å²) in [5, 5.41) is 6.91. The van der Waals surface area contributed by atoms with Gasteiger partial charge in [0.05, 0.1) is 12.7 Å². The molecule has 27 heavy (non-hydrogen) atoms. The average molecular weight is 386 g/mol. The maximum Gasteiger partial charge on any atom is 0.337 e. The van der Waals surface area contributed by atoms with Crippen molar-refractivity contribution < 1.29 is 13.9 Å². The maximum absolute atomic E-state index is 13.3. The van der Waals surface area contributed by atoms with Crippen molar-refractivity contribution in [2.24, 2.45) is 0 Å². The second kappa shape index (κ2) is 8.48. The monoisotopic (exact) mass is 386 g/mol. The van der Waals surface area contributed by atoms with Gasteiger partial charge in [0.15, 0.2) is 5.11 Å². The van der Waals surface area contributed by atoms with Gasteiger partial charge >= 0.3 is 5.97 Å². The van der Waals surface area contributed by atoms with Crippen molar-refractivity contribution in [1.29, 1.82) is 0 Å². The van der Waals surface area contributed by atoms with Crippen LogP contribution < -0.4 is 10.6 Å². The number of thiocarbonyl (C=S) groups is 1. The number of carbonyl (C=O) groups excluding carboxylic acids is 1. The number of benzene rings is 2. The third-order valence-electron chi connectivity index (χ3n) is 5.15. The van der Waals surface area contributed by atoms with E-state index < -0.39 is 5.97 Å². The molecular formula is C21H23FN2O2S. The Morgan fingerprint density at radius 1 is 1.19 bits per heavy atom. The Morgan fingerprint density at radius 2 is 1.89 bits per heavy atom. The zero-order chi connectivity index (χ0) is 19.3. The molecule has 2 N–H and O–H groups in total. The summed E-state index contributed by atoms with van der Waals surface area (Å²) in [6.07, 6.45) is 4.40. The molecule has 1 fully saturated rings. The number of halogens is 1. The highest BCUT2D eigenvalue weighted by molar-refractivity contribution is 7.80. The molecule has 0 unspecified atom stereocenters. The summed E-state index contributed by atoms with van der Waals surface area (Å²) in [6, 6.07) is 13.8. The zero-order valence-corrected chi connectivity index (χ0v) is 16.1. The number of methoxy groups -OCH3 is 1. The Labute approximate surface area is 164 Å². The first-order valence-corrected chi connectivity index (χ1v) is 9.42. The van der Waals surface area contributed by atoms with Crippen LogP contribution in [0, 0.1) is 5.82 Å². The maximum atomic E-state index is 13.3. The van der Waals surface area contributed by atoms with Crippen molar-refractivity contribution in [1.82, 2.24) is 5.32 Å². The predicted octanol–water partition coefficient (Wildman–Crippen LogP) is 4.41. The molecule has 1 aliphatic rings. The van der Waals surface area contributed by atoms with Gasteiger partial charge in [0.2, 0.25) is 0 Å². The number of nitrogens with one attached hydrogen (secondary N) is 2. The second-order valence-electron chi connectivity index (χ2n) is 6.87. The van der Waals surface area contributed by atoms with E-state index in [1.54, 1.807) is 18.2 Å². The quantitative estimate of drug-likeness (QED) is 0.589. The minimum Gasteiger partial charge on any atom is -0.465 e. The number of hydrogen-bond donors (Lipinski definition) is 2. The van der Waals surface area contributed by atoms with Gasteiger partial charge in [-0.2, -0.15) is 0 Å². The van der Waals surface area contributed by atoms with Crippen molar-refractivity contribution in [3.05, 3.63) is 65.5 Å². The summed E-state index contributed by atoms with van der Waals surface area (Å²) >= 11 is 5.43. The highest BCUT2D eigenvalue weighted by atomic mass is 32.1. The van der Waals surface area contributed by atoms with Crippen molar-refractivity contribution >= 4 is 29.0 Å². The normalized spacial score (nSPS) is 15.2. The second-order valence-corrected chi connectivity index (χ2v) is 7.28. The number of esters is 1. The molecule has 3 rings (SSSR count). The van der Waals surface area contributed by atoms with Crippen LogP contribution in [0.15, 0.2) is 48.5 Å². The Hall–Kier alpha value is -2.47. The van der Waals surface area contributed by atoms with Gasteiger partial charge in [-0.05, 0) is 61.0 Å².